The van der Waals surface area contributed by atoms with E-state index in [-0.39, 0.29) is 23.8 Å². The molecule has 2 amide bonds. The summed E-state index contributed by atoms with van der Waals surface area (Å²) in [5.74, 6) is -0.711. The molecule has 0 aliphatic carbocycles. The number of aromatic nitrogens is 1. The highest BCUT2D eigenvalue weighted by Gasteiger charge is 2.22. The molecule has 2 aromatic carbocycles. The minimum Gasteiger partial charge on any atom is -0.508 e. The molecule has 7 heteroatoms. The van der Waals surface area contributed by atoms with Gasteiger partial charge >= 0.3 is 0 Å². The van der Waals surface area contributed by atoms with Crippen LogP contribution in [-0.2, 0) is 4.79 Å². The van der Waals surface area contributed by atoms with Crippen molar-refractivity contribution in [3.05, 3.63) is 81.8 Å². The maximum atomic E-state index is 13.2. The van der Waals surface area contributed by atoms with Crippen molar-refractivity contribution in [2.24, 2.45) is 0 Å². The van der Waals surface area contributed by atoms with E-state index >= 15 is 0 Å². The second-order valence-corrected chi connectivity index (χ2v) is 7.69. The van der Waals surface area contributed by atoms with E-state index in [4.69, 9.17) is 0 Å². The number of phenolic OH excluding ortho intramolecular Hbond substituents is 1. The van der Waals surface area contributed by atoms with Gasteiger partial charge < -0.3 is 20.3 Å². The Bertz CT molecular complexity index is 1180. The molecular weight excluding hydrogens is 406 g/mol. The molecule has 0 fully saturated rings. The van der Waals surface area contributed by atoms with Crippen molar-refractivity contribution in [3.63, 3.8) is 0 Å². The molecule has 0 atom stereocenters. The lowest BCUT2D eigenvalue weighted by molar-refractivity contribution is -0.116. The Labute approximate surface area is 186 Å². The van der Waals surface area contributed by atoms with Gasteiger partial charge in [0.1, 0.15) is 17.9 Å². The van der Waals surface area contributed by atoms with Gasteiger partial charge in [0.05, 0.1) is 0 Å². The average molecular weight is 434 g/mol. The van der Waals surface area contributed by atoms with E-state index in [2.05, 4.69) is 10.3 Å². The van der Waals surface area contributed by atoms with Crippen LogP contribution in [-0.4, -0.2) is 39.9 Å². The van der Waals surface area contributed by atoms with Crippen molar-refractivity contribution in [2.45, 2.75) is 27.2 Å². The zero-order valence-corrected chi connectivity index (χ0v) is 18.4. The van der Waals surface area contributed by atoms with E-state index in [0.29, 0.717) is 29.9 Å². The van der Waals surface area contributed by atoms with Crippen molar-refractivity contribution >= 4 is 17.5 Å². The van der Waals surface area contributed by atoms with Crippen molar-refractivity contribution in [3.8, 4) is 16.9 Å². The van der Waals surface area contributed by atoms with Gasteiger partial charge in [-0.1, -0.05) is 37.3 Å². The largest absolute Gasteiger partial charge is 0.508 e. The number of phenols is 1. The second-order valence-electron chi connectivity index (χ2n) is 7.69. The molecule has 3 aromatic rings. The molecule has 32 heavy (non-hydrogen) atoms. The number of nitrogens with one attached hydrogen (secondary N) is 2. The van der Waals surface area contributed by atoms with E-state index in [1.54, 1.807) is 43.3 Å². The van der Waals surface area contributed by atoms with Crippen molar-refractivity contribution < 1.29 is 14.7 Å². The first kappa shape index (κ1) is 22.8. The van der Waals surface area contributed by atoms with Gasteiger partial charge in [0.25, 0.3) is 11.5 Å². The summed E-state index contributed by atoms with van der Waals surface area (Å²) in [6.07, 6.45) is 0.637. The Kier molecular flexibility index (Phi) is 7.10. The summed E-state index contributed by atoms with van der Waals surface area (Å²) in [4.78, 5) is 42.6. The van der Waals surface area contributed by atoms with Gasteiger partial charge in [-0.25, -0.2) is 0 Å². The molecule has 3 rings (SSSR count). The first-order chi connectivity index (χ1) is 15.3. The van der Waals surface area contributed by atoms with Gasteiger partial charge in [0.2, 0.25) is 5.91 Å². The number of carbonyl (C=O) groups excluding carboxylic acids is 2. The number of aromatic amines is 1. The second kappa shape index (κ2) is 9.96. The Morgan fingerprint density at radius 1 is 1.06 bits per heavy atom. The molecule has 0 unspecified atom stereocenters. The average Bonchev–Trinajstić information content (AvgIpc) is 2.75. The summed E-state index contributed by atoms with van der Waals surface area (Å²) in [6.45, 7) is 5.71. The molecule has 3 N–H and O–H groups in total. The monoisotopic (exact) mass is 433 g/mol. The fraction of sp³-hybridized carbons (Fsp3) is 0.240. The van der Waals surface area contributed by atoms with E-state index in [1.807, 2.05) is 32.0 Å². The van der Waals surface area contributed by atoms with Gasteiger partial charge in [0.15, 0.2) is 0 Å². The van der Waals surface area contributed by atoms with E-state index in [0.717, 1.165) is 11.1 Å². The maximum Gasteiger partial charge on any atom is 0.261 e. The molecule has 1 aromatic heterocycles. The first-order valence-electron chi connectivity index (χ1n) is 10.5. The van der Waals surface area contributed by atoms with E-state index < -0.39 is 11.5 Å². The van der Waals surface area contributed by atoms with Crippen LogP contribution in [0.2, 0.25) is 0 Å². The number of H-pyrrole nitrogens is 1. The number of aryl methyl sites for hydroxylation is 2. The van der Waals surface area contributed by atoms with Crippen LogP contribution in [0.1, 0.15) is 35.0 Å². The van der Waals surface area contributed by atoms with Gasteiger partial charge in [-0.15, -0.1) is 0 Å². The van der Waals surface area contributed by atoms with Gasteiger partial charge in [0, 0.05) is 23.5 Å². The Morgan fingerprint density at radius 3 is 2.41 bits per heavy atom. The van der Waals surface area contributed by atoms with Crippen LogP contribution in [0, 0.1) is 13.8 Å². The standard InChI is InChI=1S/C25H27N3O4/c1-4-13-28(15-23(30)27-22-8-6-5-7-16(22)2)25(32)21-14-20(17(3)26-24(21)31)18-9-11-19(29)12-10-18/h5-12,14,29H,4,13,15H2,1-3H3,(H,26,31)(H,27,30). The summed E-state index contributed by atoms with van der Waals surface area (Å²) in [5, 5.41) is 12.4. The van der Waals surface area contributed by atoms with E-state index in [9.17, 15) is 19.5 Å². The third kappa shape index (κ3) is 5.24. The van der Waals surface area contributed by atoms with Crippen LogP contribution in [0.4, 0.5) is 5.69 Å². The number of para-hydroxylation sites is 1. The highest BCUT2D eigenvalue weighted by molar-refractivity contribution is 6.00. The summed E-state index contributed by atoms with van der Waals surface area (Å²) in [7, 11) is 0. The molecule has 1 heterocycles. The number of anilines is 1. The van der Waals surface area contributed by atoms with E-state index in [1.165, 1.54) is 4.90 Å². The Morgan fingerprint density at radius 2 is 1.75 bits per heavy atom. The van der Waals surface area contributed by atoms with Crippen LogP contribution in [0.3, 0.4) is 0 Å². The highest BCUT2D eigenvalue weighted by atomic mass is 16.3. The minimum atomic E-state index is -0.506. The minimum absolute atomic E-state index is 0.0317. The fourth-order valence-corrected chi connectivity index (χ4v) is 3.49. The molecular formula is C25H27N3O4. The van der Waals surface area contributed by atoms with Crippen LogP contribution in [0.15, 0.2) is 59.4 Å². The van der Waals surface area contributed by atoms with Crippen LogP contribution in [0.5, 0.6) is 5.75 Å². The lowest BCUT2D eigenvalue weighted by atomic mass is 10.0. The molecule has 7 nitrogen and oxygen atoms in total. The lowest BCUT2D eigenvalue weighted by Gasteiger charge is -2.22. The van der Waals surface area contributed by atoms with Crippen LogP contribution >= 0.6 is 0 Å². The van der Waals surface area contributed by atoms with Crippen molar-refractivity contribution in [1.82, 2.24) is 9.88 Å². The Hall–Kier alpha value is -3.87. The number of hydrogen-bond acceptors (Lipinski definition) is 4. The molecule has 166 valence electrons. The summed E-state index contributed by atoms with van der Waals surface area (Å²) >= 11 is 0. The number of benzene rings is 2. The molecule has 0 saturated heterocycles. The molecule has 0 aliphatic rings. The number of rotatable bonds is 7. The number of aromatic hydroxyl groups is 1. The SMILES string of the molecule is CCCN(CC(=O)Nc1ccccc1C)C(=O)c1cc(-c2ccc(O)cc2)c(C)[nH]c1=O. The molecule has 0 saturated carbocycles. The summed E-state index contributed by atoms with van der Waals surface area (Å²) in [5.41, 5.74) is 3.11. The third-order valence-corrected chi connectivity index (χ3v) is 5.18. The van der Waals surface area contributed by atoms with Gasteiger partial charge in [-0.3, -0.25) is 14.4 Å². The molecule has 0 radical (unpaired) electrons. The number of carbonyl (C=O) groups is 2. The van der Waals surface area contributed by atoms with Crippen molar-refractivity contribution in [1.29, 1.82) is 0 Å². The highest BCUT2D eigenvalue weighted by Crippen LogP contribution is 2.24. The molecule has 0 aliphatic heterocycles. The van der Waals surface area contributed by atoms with Crippen molar-refractivity contribution in [2.75, 3.05) is 18.4 Å². The summed E-state index contributed by atoms with van der Waals surface area (Å²) in [6, 6.07) is 15.5. The molecule has 0 spiro atoms. The predicted octanol–water partition coefficient (Wildman–Crippen LogP) is 3.86. The van der Waals surface area contributed by atoms with Crippen LogP contribution in [0.25, 0.3) is 11.1 Å². The predicted molar refractivity (Wildman–Crippen MR) is 125 cm³/mol. The number of nitrogens with zero attached hydrogens (tertiary/aromatic N) is 1. The number of amides is 2. The number of pyridine rings is 1. The zero-order valence-electron chi connectivity index (χ0n) is 18.4. The van der Waals surface area contributed by atoms with Crippen LogP contribution < -0.4 is 10.9 Å². The van der Waals surface area contributed by atoms with Gasteiger partial charge in [-0.05, 0) is 55.7 Å². The zero-order chi connectivity index (χ0) is 23.3. The third-order valence-electron chi connectivity index (χ3n) is 5.18. The quantitative estimate of drug-likeness (QED) is 0.527. The first-order valence-corrected chi connectivity index (χ1v) is 10.5. The molecule has 0 bridgehead atoms. The normalized spacial score (nSPS) is 10.6. The number of hydrogen-bond donors (Lipinski definition) is 3. The smallest absolute Gasteiger partial charge is 0.261 e. The fourth-order valence-electron chi connectivity index (χ4n) is 3.49. The topological polar surface area (TPSA) is 102 Å². The maximum absolute atomic E-state index is 13.2. The Balaban J connectivity index is 1.87. The van der Waals surface area contributed by atoms with Gasteiger partial charge in [-0.2, -0.15) is 0 Å². The lowest BCUT2D eigenvalue weighted by Crippen LogP contribution is -2.40. The summed E-state index contributed by atoms with van der Waals surface area (Å²) < 4.78 is 0.